The Morgan fingerprint density at radius 3 is 2.18 bits per heavy atom. The topological polar surface area (TPSA) is 42.9 Å². The Hall–Kier alpha value is -0.760. The third kappa shape index (κ3) is 2.09. The minimum atomic E-state index is -2.43. The molecule has 0 bridgehead atoms. The summed E-state index contributed by atoms with van der Waals surface area (Å²) in [7, 11) is -2.43. The predicted molar refractivity (Wildman–Crippen MR) is 41.1 cm³/mol. The van der Waals surface area contributed by atoms with E-state index in [4.69, 9.17) is 0 Å². The average molecular weight is 174 g/mol. The fourth-order valence-electron chi connectivity index (χ4n) is 0.584. The number of aromatic nitrogens is 2. The van der Waals surface area contributed by atoms with Gasteiger partial charge >= 0.3 is 0 Å². The second-order valence-corrected chi connectivity index (χ2v) is 5.65. The van der Waals surface area contributed by atoms with Gasteiger partial charge in [0.15, 0.2) is 11.4 Å². The summed E-state index contributed by atoms with van der Waals surface area (Å²) in [5.74, 6) is -0.512. The van der Waals surface area contributed by atoms with Crippen molar-refractivity contribution in [2.75, 3.05) is 13.3 Å². The van der Waals surface area contributed by atoms with Crippen LogP contribution >= 0.6 is 7.14 Å². The molecule has 0 aliphatic carbocycles. The molecule has 0 saturated carbocycles. The van der Waals surface area contributed by atoms with Crippen molar-refractivity contribution >= 4 is 12.7 Å². The third-order valence-corrected chi connectivity index (χ3v) is 2.28. The number of nitrogens with zero attached hydrogens (tertiary/aromatic N) is 2. The van der Waals surface area contributed by atoms with Crippen LogP contribution in [0.25, 0.3) is 0 Å². The monoisotopic (exact) mass is 174 g/mol. The van der Waals surface area contributed by atoms with Gasteiger partial charge in [-0.05, 0) is 13.3 Å². The third-order valence-electron chi connectivity index (χ3n) is 1.09. The van der Waals surface area contributed by atoms with Crippen molar-refractivity contribution in [1.82, 2.24) is 9.97 Å². The van der Waals surface area contributed by atoms with Crippen LogP contribution in [0, 0.1) is 5.82 Å². The minimum Gasteiger partial charge on any atom is -0.316 e. The lowest BCUT2D eigenvalue weighted by atomic mass is 10.7. The lowest BCUT2D eigenvalue weighted by Crippen LogP contribution is -2.12. The summed E-state index contributed by atoms with van der Waals surface area (Å²) in [5.41, 5.74) is 0.221. The van der Waals surface area contributed by atoms with Crippen LogP contribution in [0.15, 0.2) is 12.4 Å². The summed E-state index contributed by atoms with van der Waals surface area (Å²) >= 11 is 0. The summed E-state index contributed by atoms with van der Waals surface area (Å²) < 4.78 is 23.5. The van der Waals surface area contributed by atoms with E-state index in [2.05, 4.69) is 9.97 Å². The molecule has 1 aromatic heterocycles. The summed E-state index contributed by atoms with van der Waals surface area (Å²) in [6.45, 7) is 3.08. The van der Waals surface area contributed by atoms with Gasteiger partial charge in [-0.25, -0.2) is 14.4 Å². The number of hydrogen-bond donors (Lipinski definition) is 0. The summed E-state index contributed by atoms with van der Waals surface area (Å²) in [6, 6.07) is 0. The highest BCUT2D eigenvalue weighted by Gasteiger charge is 2.13. The Balaban J connectivity index is 3.09. The molecule has 0 saturated heterocycles. The van der Waals surface area contributed by atoms with Crippen molar-refractivity contribution in [3.63, 3.8) is 0 Å². The summed E-state index contributed by atoms with van der Waals surface area (Å²) in [4.78, 5) is 7.20. The highest BCUT2D eigenvalue weighted by atomic mass is 31.2. The van der Waals surface area contributed by atoms with Crippen molar-refractivity contribution in [3.8, 4) is 0 Å². The highest BCUT2D eigenvalue weighted by Crippen LogP contribution is 2.31. The smallest absolute Gasteiger partial charge is 0.188 e. The highest BCUT2D eigenvalue weighted by molar-refractivity contribution is 7.69. The van der Waals surface area contributed by atoms with Crippen LogP contribution in [0.5, 0.6) is 0 Å². The van der Waals surface area contributed by atoms with Crippen LogP contribution < -0.4 is 5.57 Å². The fraction of sp³-hybridized carbons (Fsp3) is 0.333. The normalized spacial score (nSPS) is 11.5. The first-order chi connectivity index (χ1) is 5.00. The molecule has 11 heavy (non-hydrogen) atoms. The fourth-order valence-corrected chi connectivity index (χ4v) is 1.26. The molecule has 1 aromatic rings. The van der Waals surface area contributed by atoms with Crippen molar-refractivity contribution in [2.24, 2.45) is 0 Å². The number of halogens is 1. The van der Waals surface area contributed by atoms with Crippen LogP contribution in [0.2, 0.25) is 0 Å². The van der Waals surface area contributed by atoms with Crippen molar-refractivity contribution in [2.45, 2.75) is 0 Å². The molecule has 5 heteroatoms. The van der Waals surface area contributed by atoms with Gasteiger partial charge in [0, 0.05) is 0 Å². The molecule has 0 N–H and O–H groups in total. The molecule has 0 aliphatic rings. The maximum absolute atomic E-state index is 12.3. The van der Waals surface area contributed by atoms with E-state index in [1.165, 1.54) is 0 Å². The molecule has 60 valence electrons. The quantitative estimate of drug-likeness (QED) is 0.593. The summed E-state index contributed by atoms with van der Waals surface area (Å²) in [6.07, 6.45) is 2.03. The molecular weight excluding hydrogens is 166 g/mol. The molecular formula is C6H8FN2OP. The van der Waals surface area contributed by atoms with E-state index < -0.39 is 13.0 Å². The van der Waals surface area contributed by atoms with E-state index in [1.807, 2.05) is 0 Å². The molecule has 0 fully saturated rings. The lowest BCUT2D eigenvalue weighted by Gasteiger charge is -2.02. The second-order valence-electron chi connectivity index (χ2n) is 2.55. The van der Waals surface area contributed by atoms with Crippen LogP contribution in [0.1, 0.15) is 0 Å². The second kappa shape index (κ2) is 2.70. The van der Waals surface area contributed by atoms with Gasteiger partial charge in [0.2, 0.25) is 0 Å². The SMILES string of the molecule is CP(C)(=O)c1ncc(F)cn1. The van der Waals surface area contributed by atoms with E-state index >= 15 is 0 Å². The number of hydrogen-bond acceptors (Lipinski definition) is 3. The lowest BCUT2D eigenvalue weighted by molar-refractivity contribution is 0.586. The van der Waals surface area contributed by atoms with Gasteiger partial charge in [-0.2, -0.15) is 0 Å². The molecule has 3 nitrogen and oxygen atoms in total. The van der Waals surface area contributed by atoms with Gasteiger partial charge in [0.25, 0.3) is 0 Å². The van der Waals surface area contributed by atoms with E-state index in [9.17, 15) is 8.96 Å². The zero-order valence-electron chi connectivity index (χ0n) is 6.28. The first-order valence-electron chi connectivity index (χ1n) is 3.03. The van der Waals surface area contributed by atoms with Crippen LogP contribution in [-0.2, 0) is 4.57 Å². The Morgan fingerprint density at radius 1 is 1.36 bits per heavy atom. The first-order valence-corrected chi connectivity index (χ1v) is 5.63. The van der Waals surface area contributed by atoms with Crippen LogP contribution in [0.4, 0.5) is 4.39 Å². The van der Waals surface area contributed by atoms with Crippen LogP contribution in [-0.4, -0.2) is 23.3 Å². The molecule has 1 rings (SSSR count). The molecule has 0 amide bonds. The average Bonchev–Trinajstić information content (AvgIpc) is 1.86. The number of rotatable bonds is 1. The van der Waals surface area contributed by atoms with Gasteiger partial charge in [-0.15, -0.1) is 0 Å². The van der Waals surface area contributed by atoms with Crippen LogP contribution in [0.3, 0.4) is 0 Å². The van der Waals surface area contributed by atoms with Gasteiger partial charge < -0.3 is 4.57 Å². The molecule has 0 spiro atoms. The summed E-state index contributed by atoms with van der Waals surface area (Å²) in [5, 5.41) is 0. The molecule has 0 aromatic carbocycles. The maximum Gasteiger partial charge on any atom is 0.188 e. The predicted octanol–water partition coefficient (Wildman–Crippen LogP) is 0.864. The van der Waals surface area contributed by atoms with E-state index in [0.717, 1.165) is 12.4 Å². The first kappa shape index (κ1) is 8.34. The van der Waals surface area contributed by atoms with E-state index in [-0.39, 0.29) is 5.57 Å². The molecule has 0 unspecified atom stereocenters. The largest absolute Gasteiger partial charge is 0.316 e. The zero-order chi connectivity index (χ0) is 8.48. The molecule has 0 atom stereocenters. The van der Waals surface area contributed by atoms with Gasteiger partial charge in [0.1, 0.15) is 7.14 Å². The molecule has 0 radical (unpaired) electrons. The Kier molecular flexibility index (Phi) is 2.05. The maximum atomic E-state index is 12.3. The Bertz CT molecular complexity index is 292. The molecule has 0 aliphatic heterocycles. The van der Waals surface area contributed by atoms with Crippen molar-refractivity contribution < 1.29 is 8.96 Å². The Morgan fingerprint density at radius 2 is 1.82 bits per heavy atom. The van der Waals surface area contributed by atoms with Gasteiger partial charge in [0.05, 0.1) is 12.4 Å². The molecule has 1 heterocycles. The van der Waals surface area contributed by atoms with E-state index in [0.29, 0.717) is 0 Å². The van der Waals surface area contributed by atoms with Crippen molar-refractivity contribution in [3.05, 3.63) is 18.2 Å². The van der Waals surface area contributed by atoms with E-state index in [1.54, 1.807) is 13.3 Å². The standard InChI is InChI=1S/C6H8FN2OP/c1-11(2,10)6-8-3-5(7)4-9-6/h3-4H,1-2H3. The van der Waals surface area contributed by atoms with Gasteiger partial charge in [-0.3, -0.25) is 0 Å². The van der Waals surface area contributed by atoms with Gasteiger partial charge in [-0.1, -0.05) is 0 Å². The minimum absolute atomic E-state index is 0.221. The van der Waals surface area contributed by atoms with Crippen molar-refractivity contribution in [1.29, 1.82) is 0 Å². The Labute approximate surface area is 64.1 Å². The zero-order valence-corrected chi connectivity index (χ0v) is 7.18.